The number of nitrogens with one attached hydrogen (secondary N) is 1. The highest BCUT2D eigenvalue weighted by atomic mass is 35.5. The molecule has 0 atom stereocenters. The van der Waals surface area contributed by atoms with Crippen LogP contribution in [0.15, 0.2) is 36.4 Å². The first-order valence-corrected chi connectivity index (χ1v) is 9.16. The third-order valence-electron chi connectivity index (χ3n) is 4.47. The molecule has 0 fully saturated rings. The molecule has 0 radical (unpaired) electrons. The van der Waals surface area contributed by atoms with Gasteiger partial charge >= 0.3 is 6.18 Å². The Morgan fingerprint density at radius 2 is 1.97 bits per heavy atom. The number of carbonyl (C=O) groups is 2. The standard InChI is InChI=1S/C20H18ClF3N2O3/c1-26(19(28)9-12-2-5-17-13(8-12)6-7-29-17)11-18(27)25-14-3-4-16(21)15(10-14)20(22,23)24/h2-5,8,10H,6-7,9,11H2,1H3,(H,25,27). The number of halogens is 4. The van der Waals surface area contributed by atoms with Crippen LogP contribution in [0.25, 0.3) is 0 Å². The fourth-order valence-corrected chi connectivity index (χ4v) is 3.21. The SMILES string of the molecule is CN(CC(=O)Nc1ccc(Cl)c(C(F)(F)F)c1)C(=O)Cc1ccc2c(c1)CCO2. The van der Waals surface area contributed by atoms with Gasteiger partial charge in [-0.15, -0.1) is 0 Å². The number of hydrogen-bond acceptors (Lipinski definition) is 3. The molecule has 3 rings (SSSR count). The quantitative estimate of drug-likeness (QED) is 0.788. The highest BCUT2D eigenvalue weighted by Crippen LogP contribution is 2.36. The Balaban J connectivity index is 1.58. The number of anilines is 1. The molecule has 0 bridgehead atoms. The van der Waals surface area contributed by atoms with Gasteiger partial charge in [-0.1, -0.05) is 23.7 Å². The van der Waals surface area contributed by atoms with E-state index in [-0.39, 0.29) is 24.6 Å². The highest BCUT2D eigenvalue weighted by Gasteiger charge is 2.33. The van der Waals surface area contributed by atoms with E-state index in [9.17, 15) is 22.8 Å². The van der Waals surface area contributed by atoms with Crippen LogP contribution in [-0.2, 0) is 28.6 Å². The molecule has 2 aromatic rings. The molecule has 2 aromatic carbocycles. The Hall–Kier alpha value is -2.74. The van der Waals surface area contributed by atoms with Crippen LogP contribution < -0.4 is 10.1 Å². The first-order valence-electron chi connectivity index (χ1n) is 8.78. The lowest BCUT2D eigenvalue weighted by Gasteiger charge is -2.18. The summed E-state index contributed by atoms with van der Waals surface area (Å²) in [7, 11) is 1.46. The number of carbonyl (C=O) groups excluding carboxylic acids is 2. The zero-order chi connectivity index (χ0) is 21.2. The summed E-state index contributed by atoms with van der Waals surface area (Å²) in [5.41, 5.74) is 0.756. The number of fused-ring (bicyclic) bond motifs is 1. The number of ether oxygens (including phenoxy) is 1. The molecule has 154 valence electrons. The van der Waals surface area contributed by atoms with E-state index >= 15 is 0 Å². The number of hydrogen-bond donors (Lipinski definition) is 1. The molecule has 0 unspecified atom stereocenters. The van der Waals surface area contributed by atoms with Gasteiger partial charge in [0.1, 0.15) is 5.75 Å². The molecule has 29 heavy (non-hydrogen) atoms. The largest absolute Gasteiger partial charge is 0.493 e. The second kappa shape index (κ2) is 8.32. The third kappa shape index (κ3) is 5.20. The Morgan fingerprint density at radius 3 is 2.69 bits per heavy atom. The van der Waals surface area contributed by atoms with Crippen LogP contribution in [0.2, 0.25) is 5.02 Å². The number of alkyl halides is 3. The van der Waals surface area contributed by atoms with Crippen LogP contribution in [0.4, 0.5) is 18.9 Å². The molecule has 1 aliphatic rings. The van der Waals surface area contributed by atoms with Gasteiger partial charge in [0.15, 0.2) is 0 Å². The summed E-state index contributed by atoms with van der Waals surface area (Å²) in [6.07, 6.45) is -3.74. The lowest BCUT2D eigenvalue weighted by atomic mass is 10.1. The summed E-state index contributed by atoms with van der Waals surface area (Å²) in [5.74, 6) is -0.0834. The molecule has 5 nitrogen and oxygen atoms in total. The highest BCUT2D eigenvalue weighted by molar-refractivity contribution is 6.31. The average molecular weight is 427 g/mol. The third-order valence-corrected chi connectivity index (χ3v) is 4.80. The van der Waals surface area contributed by atoms with Crippen LogP contribution >= 0.6 is 11.6 Å². The summed E-state index contributed by atoms with van der Waals surface area (Å²) < 4.78 is 44.2. The lowest BCUT2D eigenvalue weighted by molar-refractivity contribution is -0.137. The van der Waals surface area contributed by atoms with E-state index < -0.39 is 22.7 Å². The van der Waals surface area contributed by atoms with Crippen LogP contribution in [0, 0.1) is 0 Å². The summed E-state index contributed by atoms with van der Waals surface area (Å²) in [6, 6.07) is 8.60. The Labute approximate surface area is 170 Å². The number of likely N-dealkylation sites (N-methyl/N-ethyl adjacent to an activating group) is 1. The summed E-state index contributed by atoms with van der Waals surface area (Å²) in [5, 5.41) is 1.90. The van der Waals surface area contributed by atoms with Crippen molar-refractivity contribution in [2.45, 2.75) is 19.0 Å². The van der Waals surface area contributed by atoms with Crippen molar-refractivity contribution in [3.05, 3.63) is 58.1 Å². The van der Waals surface area contributed by atoms with Gasteiger partial charge in [0.05, 0.1) is 30.2 Å². The van der Waals surface area contributed by atoms with Gasteiger partial charge in [-0.2, -0.15) is 13.2 Å². The summed E-state index contributed by atoms with van der Waals surface area (Å²) in [6.45, 7) is 0.324. The van der Waals surface area contributed by atoms with Gasteiger partial charge in [0.25, 0.3) is 0 Å². The maximum Gasteiger partial charge on any atom is 0.417 e. The van der Waals surface area contributed by atoms with E-state index in [0.29, 0.717) is 6.61 Å². The first kappa shape index (κ1) is 21.0. The van der Waals surface area contributed by atoms with E-state index in [4.69, 9.17) is 16.3 Å². The van der Waals surface area contributed by atoms with Crippen molar-refractivity contribution in [1.82, 2.24) is 4.90 Å². The predicted octanol–water partition coefficient (Wildman–Crippen LogP) is 3.93. The van der Waals surface area contributed by atoms with E-state index in [2.05, 4.69) is 5.32 Å². The smallest absolute Gasteiger partial charge is 0.417 e. The van der Waals surface area contributed by atoms with E-state index in [0.717, 1.165) is 35.4 Å². The molecule has 0 aliphatic carbocycles. The van der Waals surface area contributed by atoms with Crippen molar-refractivity contribution in [3.63, 3.8) is 0 Å². The molecule has 9 heteroatoms. The molecule has 0 saturated heterocycles. The normalized spacial score (nSPS) is 12.9. The zero-order valence-corrected chi connectivity index (χ0v) is 16.2. The second-order valence-corrected chi connectivity index (χ2v) is 7.11. The van der Waals surface area contributed by atoms with Crippen molar-refractivity contribution < 1.29 is 27.5 Å². The maximum absolute atomic E-state index is 12.9. The van der Waals surface area contributed by atoms with Gasteiger partial charge in [0.2, 0.25) is 11.8 Å². The Bertz CT molecular complexity index is 947. The molecule has 2 amide bonds. The lowest BCUT2D eigenvalue weighted by Crippen LogP contribution is -2.35. The van der Waals surface area contributed by atoms with Gasteiger partial charge in [0, 0.05) is 19.2 Å². The van der Waals surface area contributed by atoms with Crippen molar-refractivity contribution >= 4 is 29.1 Å². The van der Waals surface area contributed by atoms with Crippen molar-refractivity contribution in [2.75, 3.05) is 25.5 Å². The molecular weight excluding hydrogens is 409 g/mol. The Morgan fingerprint density at radius 1 is 1.21 bits per heavy atom. The van der Waals surface area contributed by atoms with E-state index in [1.54, 1.807) is 6.07 Å². The van der Waals surface area contributed by atoms with Crippen LogP contribution in [0.5, 0.6) is 5.75 Å². The van der Waals surface area contributed by atoms with Crippen LogP contribution in [0.1, 0.15) is 16.7 Å². The maximum atomic E-state index is 12.9. The van der Waals surface area contributed by atoms with E-state index in [1.165, 1.54) is 18.0 Å². The topological polar surface area (TPSA) is 58.6 Å². The van der Waals surface area contributed by atoms with Gasteiger partial charge in [-0.25, -0.2) is 0 Å². The summed E-state index contributed by atoms with van der Waals surface area (Å²) >= 11 is 5.56. The number of benzene rings is 2. The monoisotopic (exact) mass is 426 g/mol. The Kier molecular flexibility index (Phi) is 6.02. The second-order valence-electron chi connectivity index (χ2n) is 6.71. The van der Waals surface area contributed by atoms with Crippen molar-refractivity contribution in [1.29, 1.82) is 0 Å². The molecule has 0 aromatic heterocycles. The minimum atomic E-state index is -4.63. The fourth-order valence-electron chi connectivity index (χ4n) is 2.98. The molecule has 1 N–H and O–H groups in total. The molecular formula is C20H18ClF3N2O3. The average Bonchev–Trinajstić information content (AvgIpc) is 3.10. The van der Waals surface area contributed by atoms with Gasteiger partial charge in [-0.05, 0) is 35.4 Å². The van der Waals surface area contributed by atoms with Crippen LogP contribution in [0.3, 0.4) is 0 Å². The number of amides is 2. The predicted molar refractivity (Wildman–Crippen MR) is 102 cm³/mol. The minimum Gasteiger partial charge on any atom is -0.493 e. The van der Waals surface area contributed by atoms with Gasteiger partial charge in [-0.3, -0.25) is 9.59 Å². The fraction of sp³-hybridized carbons (Fsp3) is 0.300. The van der Waals surface area contributed by atoms with Gasteiger partial charge < -0.3 is 15.0 Å². The molecule has 1 aliphatic heterocycles. The van der Waals surface area contributed by atoms with Crippen molar-refractivity contribution in [3.8, 4) is 5.75 Å². The first-order chi connectivity index (χ1) is 13.6. The number of nitrogens with zero attached hydrogens (tertiary/aromatic N) is 1. The number of rotatable bonds is 5. The summed E-state index contributed by atoms with van der Waals surface area (Å²) in [4.78, 5) is 25.7. The van der Waals surface area contributed by atoms with E-state index in [1.807, 2.05) is 12.1 Å². The van der Waals surface area contributed by atoms with Crippen LogP contribution in [-0.4, -0.2) is 36.9 Å². The van der Waals surface area contributed by atoms with Crippen molar-refractivity contribution in [2.24, 2.45) is 0 Å². The minimum absolute atomic E-state index is 0.0498. The molecule has 0 saturated carbocycles. The molecule has 1 heterocycles. The molecule has 0 spiro atoms. The zero-order valence-electron chi connectivity index (χ0n) is 15.5.